The van der Waals surface area contributed by atoms with Gasteiger partial charge in [0.15, 0.2) is 5.16 Å². The van der Waals surface area contributed by atoms with Gasteiger partial charge in [-0.2, -0.15) is 5.26 Å². The molecule has 1 amide bonds. The predicted molar refractivity (Wildman–Crippen MR) is 93.4 cm³/mol. The largest absolute Gasteiger partial charge is 0.324 e. The Hall–Kier alpha value is -2.99. The first-order chi connectivity index (χ1) is 11.8. The summed E-state index contributed by atoms with van der Waals surface area (Å²) >= 11 is 1.18. The van der Waals surface area contributed by atoms with E-state index in [4.69, 9.17) is 5.26 Å². The molecule has 9 heteroatoms. The van der Waals surface area contributed by atoms with Crippen LogP contribution in [0.25, 0.3) is 0 Å². The molecule has 128 valence electrons. The van der Waals surface area contributed by atoms with E-state index in [2.05, 4.69) is 15.3 Å². The smallest absolute Gasteiger partial charge is 0.270 e. The van der Waals surface area contributed by atoms with Gasteiger partial charge in [-0.05, 0) is 32.4 Å². The first-order valence-corrected chi connectivity index (χ1v) is 8.23. The van der Waals surface area contributed by atoms with Crippen molar-refractivity contribution in [3.05, 3.63) is 50.8 Å². The second-order valence-corrected chi connectivity index (χ2v) is 6.18. The molecular formula is C16H15N5O3S. The maximum absolute atomic E-state index is 12.1. The Balaban J connectivity index is 2.06. The average molecular weight is 357 g/mol. The molecule has 1 aromatic carbocycles. The predicted octanol–water partition coefficient (Wildman–Crippen LogP) is 2.91. The van der Waals surface area contributed by atoms with E-state index >= 15 is 0 Å². The van der Waals surface area contributed by atoms with Crippen LogP contribution in [0.2, 0.25) is 0 Å². The van der Waals surface area contributed by atoms with Crippen LogP contribution in [-0.2, 0) is 4.79 Å². The molecule has 0 fully saturated rings. The number of hydrogen-bond acceptors (Lipinski definition) is 7. The Labute approximate surface area is 148 Å². The summed E-state index contributed by atoms with van der Waals surface area (Å²) < 4.78 is 0. The van der Waals surface area contributed by atoms with Crippen molar-refractivity contribution in [3.8, 4) is 6.07 Å². The number of carbonyl (C=O) groups is 1. The van der Waals surface area contributed by atoms with E-state index in [1.807, 2.05) is 26.8 Å². The molecule has 2 rings (SSSR count). The summed E-state index contributed by atoms with van der Waals surface area (Å²) in [7, 11) is 0. The maximum atomic E-state index is 12.1. The van der Waals surface area contributed by atoms with Crippen LogP contribution in [0.1, 0.15) is 22.5 Å². The summed E-state index contributed by atoms with van der Waals surface area (Å²) in [4.78, 5) is 30.9. The third kappa shape index (κ3) is 4.51. The number of nitro benzene ring substituents is 1. The first-order valence-electron chi connectivity index (χ1n) is 7.25. The Kier molecular flexibility index (Phi) is 5.67. The minimum atomic E-state index is -0.596. The Morgan fingerprint density at radius 3 is 2.52 bits per heavy atom. The van der Waals surface area contributed by atoms with Crippen LogP contribution in [0.4, 0.5) is 11.4 Å². The van der Waals surface area contributed by atoms with Gasteiger partial charge in [-0.25, -0.2) is 9.97 Å². The molecule has 0 bridgehead atoms. The summed E-state index contributed by atoms with van der Waals surface area (Å²) in [5, 5.41) is 22.9. The van der Waals surface area contributed by atoms with Crippen LogP contribution in [0.15, 0.2) is 23.4 Å². The van der Waals surface area contributed by atoms with Gasteiger partial charge in [-0.1, -0.05) is 11.8 Å². The van der Waals surface area contributed by atoms with Crippen LogP contribution in [0, 0.1) is 42.2 Å². The zero-order valence-corrected chi connectivity index (χ0v) is 14.7. The highest BCUT2D eigenvalue weighted by Gasteiger charge is 2.13. The molecule has 25 heavy (non-hydrogen) atoms. The zero-order valence-electron chi connectivity index (χ0n) is 13.9. The Morgan fingerprint density at radius 2 is 1.96 bits per heavy atom. The Bertz CT molecular complexity index is 869. The number of aromatic nitrogens is 2. The highest BCUT2D eigenvalue weighted by Crippen LogP contribution is 2.22. The molecule has 0 saturated carbocycles. The number of thioether (sulfide) groups is 1. The van der Waals surface area contributed by atoms with Gasteiger partial charge >= 0.3 is 0 Å². The van der Waals surface area contributed by atoms with E-state index in [9.17, 15) is 14.9 Å². The monoisotopic (exact) mass is 357 g/mol. The Morgan fingerprint density at radius 1 is 1.32 bits per heavy atom. The van der Waals surface area contributed by atoms with Crippen LogP contribution in [0.5, 0.6) is 0 Å². The van der Waals surface area contributed by atoms with E-state index in [-0.39, 0.29) is 28.6 Å². The topological polar surface area (TPSA) is 122 Å². The van der Waals surface area contributed by atoms with E-state index in [0.29, 0.717) is 5.16 Å². The maximum Gasteiger partial charge on any atom is 0.270 e. The lowest BCUT2D eigenvalue weighted by molar-refractivity contribution is -0.384. The summed E-state index contributed by atoms with van der Waals surface area (Å²) in [6.07, 6.45) is 0. The summed E-state index contributed by atoms with van der Waals surface area (Å²) in [6.45, 7) is 5.69. The number of non-ortho nitro benzene ring substituents is 1. The number of hydrogen-bond donors (Lipinski definition) is 1. The molecule has 0 saturated heterocycles. The number of benzene rings is 1. The van der Waals surface area contributed by atoms with Gasteiger partial charge in [0.2, 0.25) is 5.91 Å². The molecule has 0 aliphatic heterocycles. The molecular weight excluding hydrogens is 342 g/mol. The highest BCUT2D eigenvalue weighted by molar-refractivity contribution is 7.99. The first kappa shape index (κ1) is 18.4. The molecule has 0 aliphatic rings. The normalized spacial score (nSPS) is 10.2. The van der Waals surface area contributed by atoms with Gasteiger partial charge in [0.05, 0.1) is 21.9 Å². The van der Waals surface area contributed by atoms with Gasteiger partial charge < -0.3 is 5.32 Å². The minimum absolute atomic E-state index is 0.0332. The van der Waals surface area contributed by atoms with Crippen LogP contribution >= 0.6 is 11.8 Å². The van der Waals surface area contributed by atoms with Crippen molar-refractivity contribution in [2.45, 2.75) is 25.9 Å². The van der Waals surface area contributed by atoms with Crippen molar-refractivity contribution < 1.29 is 9.72 Å². The number of amides is 1. The van der Waals surface area contributed by atoms with E-state index in [1.165, 1.54) is 23.9 Å². The van der Waals surface area contributed by atoms with Crippen LogP contribution in [0.3, 0.4) is 0 Å². The SMILES string of the molecule is Cc1nc(SCC(=O)Nc2ccc([N+](=O)[O-])cc2C#N)nc(C)c1C. The van der Waals surface area contributed by atoms with Gasteiger partial charge in [0.1, 0.15) is 6.07 Å². The lowest BCUT2D eigenvalue weighted by atomic mass is 10.1. The lowest BCUT2D eigenvalue weighted by Gasteiger charge is -2.08. The van der Waals surface area contributed by atoms with Crippen molar-refractivity contribution in [3.63, 3.8) is 0 Å². The van der Waals surface area contributed by atoms with Gasteiger partial charge in [0, 0.05) is 23.5 Å². The van der Waals surface area contributed by atoms with Crippen molar-refractivity contribution in [1.29, 1.82) is 5.26 Å². The second kappa shape index (κ2) is 7.72. The van der Waals surface area contributed by atoms with Gasteiger partial charge in [-0.3, -0.25) is 14.9 Å². The van der Waals surface area contributed by atoms with E-state index in [0.717, 1.165) is 23.0 Å². The molecule has 0 unspecified atom stereocenters. The summed E-state index contributed by atoms with van der Waals surface area (Å²) in [5.74, 6) is -0.293. The minimum Gasteiger partial charge on any atom is -0.324 e. The fourth-order valence-electron chi connectivity index (χ4n) is 1.97. The molecule has 0 aliphatic carbocycles. The average Bonchev–Trinajstić information content (AvgIpc) is 2.57. The van der Waals surface area contributed by atoms with E-state index in [1.54, 1.807) is 0 Å². The standard InChI is InChI=1S/C16H15N5O3S/c1-9-10(2)18-16(19-11(9)3)25-8-15(22)20-14-5-4-13(21(23)24)6-12(14)7-17/h4-6H,8H2,1-3H3,(H,20,22). The number of nitrogens with one attached hydrogen (secondary N) is 1. The molecule has 0 atom stereocenters. The number of nitro groups is 1. The number of carbonyl (C=O) groups excluding carboxylic acids is 1. The molecule has 1 heterocycles. The molecule has 0 radical (unpaired) electrons. The fourth-order valence-corrected chi connectivity index (χ4v) is 2.71. The quantitative estimate of drug-likeness (QED) is 0.378. The van der Waals surface area contributed by atoms with Crippen LogP contribution in [-0.4, -0.2) is 26.6 Å². The molecule has 8 nitrogen and oxygen atoms in total. The third-order valence-electron chi connectivity index (χ3n) is 3.55. The van der Waals surface area contributed by atoms with E-state index < -0.39 is 4.92 Å². The van der Waals surface area contributed by atoms with Crippen molar-refractivity contribution >= 4 is 29.0 Å². The number of nitriles is 1. The number of rotatable bonds is 5. The highest BCUT2D eigenvalue weighted by atomic mass is 32.2. The second-order valence-electron chi connectivity index (χ2n) is 5.24. The van der Waals surface area contributed by atoms with Crippen molar-refractivity contribution in [1.82, 2.24) is 9.97 Å². The molecule has 1 N–H and O–H groups in total. The number of nitrogens with zero attached hydrogens (tertiary/aromatic N) is 4. The third-order valence-corrected chi connectivity index (χ3v) is 4.40. The van der Waals surface area contributed by atoms with Crippen LogP contribution < -0.4 is 5.32 Å². The van der Waals surface area contributed by atoms with Crippen molar-refractivity contribution in [2.75, 3.05) is 11.1 Å². The fraction of sp³-hybridized carbons (Fsp3) is 0.250. The number of anilines is 1. The lowest BCUT2D eigenvalue weighted by Crippen LogP contribution is -2.15. The zero-order chi connectivity index (χ0) is 18.6. The summed E-state index contributed by atoms with van der Waals surface area (Å²) in [5.41, 5.74) is 2.79. The molecule has 0 spiro atoms. The van der Waals surface area contributed by atoms with Gasteiger partial charge in [0.25, 0.3) is 5.69 Å². The molecule has 2 aromatic rings. The van der Waals surface area contributed by atoms with Crippen molar-refractivity contribution in [2.24, 2.45) is 0 Å². The van der Waals surface area contributed by atoms with Gasteiger partial charge in [-0.15, -0.1) is 0 Å². The number of aryl methyl sites for hydroxylation is 2. The summed E-state index contributed by atoms with van der Waals surface area (Å²) in [6, 6.07) is 5.54. The molecule has 1 aromatic heterocycles.